The van der Waals surface area contributed by atoms with Crippen LogP contribution in [0.3, 0.4) is 0 Å². The Bertz CT molecular complexity index is 641. The molecule has 1 aliphatic heterocycles. The predicted octanol–water partition coefficient (Wildman–Crippen LogP) is 1.60. The normalized spacial score (nSPS) is 22.1. The second-order valence-corrected chi connectivity index (χ2v) is 5.80. The van der Waals surface area contributed by atoms with E-state index in [0.717, 1.165) is 62.3 Å². The first-order valence-corrected chi connectivity index (χ1v) is 7.55. The third-order valence-corrected chi connectivity index (χ3v) is 4.40. The summed E-state index contributed by atoms with van der Waals surface area (Å²) in [4.78, 5) is 6.79. The number of likely N-dealkylation sites (N-methyl/N-ethyl adjacent to an activating group) is 1. The molecule has 2 aliphatic rings. The van der Waals surface area contributed by atoms with Crippen molar-refractivity contribution >= 4 is 12.4 Å². The van der Waals surface area contributed by atoms with E-state index in [9.17, 15) is 0 Å². The van der Waals surface area contributed by atoms with Gasteiger partial charge in [0.05, 0.1) is 6.04 Å². The van der Waals surface area contributed by atoms with Crippen LogP contribution in [-0.2, 0) is 12.8 Å². The smallest absolute Gasteiger partial charge is 0.280 e. The van der Waals surface area contributed by atoms with Gasteiger partial charge < -0.3 is 14.4 Å². The van der Waals surface area contributed by atoms with Crippen molar-refractivity contribution in [2.45, 2.75) is 31.7 Å². The van der Waals surface area contributed by atoms with Gasteiger partial charge in [0.2, 0.25) is 0 Å². The Morgan fingerprint density at radius 2 is 2.05 bits per heavy atom. The van der Waals surface area contributed by atoms with Gasteiger partial charge >= 0.3 is 0 Å². The molecular weight excluding hydrogens is 306 g/mol. The summed E-state index contributed by atoms with van der Waals surface area (Å²) in [6.07, 6.45) is 4.27. The average Bonchev–Trinajstić information content (AvgIpc) is 3.14. The summed E-state index contributed by atoms with van der Waals surface area (Å²) < 4.78 is 10.9. The molecule has 2 aromatic rings. The van der Waals surface area contributed by atoms with Gasteiger partial charge in [-0.05, 0) is 26.3 Å². The van der Waals surface area contributed by atoms with Gasteiger partial charge in [0.25, 0.3) is 5.89 Å². The van der Waals surface area contributed by atoms with Gasteiger partial charge in [-0.1, -0.05) is 10.3 Å². The lowest BCUT2D eigenvalue weighted by Crippen LogP contribution is -2.44. The van der Waals surface area contributed by atoms with Crippen LogP contribution in [0.1, 0.15) is 36.0 Å². The molecule has 1 saturated heterocycles. The molecule has 2 aromatic heterocycles. The molecule has 8 heteroatoms. The third-order valence-electron chi connectivity index (χ3n) is 4.40. The first-order valence-electron chi connectivity index (χ1n) is 7.55. The third kappa shape index (κ3) is 2.64. The molecule has 1 unspecified atom stereocenters. The molecule has 0 amide bonds. The maximum atomic E-state index is 5.44. The van der Waals surface area contributed by atoms with Crippen LogP contribution in [-0.4, -0.2) is 46.9 Å². The molecule has 22 heavy (non-hydrogen) atoms. The number of piperazine rings is 1. The largest absolute Gasteiger partial charge is 0.360 e. The van der Waals surface area contributed by atoms with Gasteiger partial charge in [-0.2, -0.15) is 4.98 Å². The molecule has 0 spiro atoms. The molecule has 1 aliphatic carbocycles. The Morgan fingerprint density at radius 1 is 1.18 bits per heavy atom. The van der Waals surface area contributed by atoms with E-state index in [1.165, 1.54) is 0 Å². The standard InChI is InChI=1S/C14H19N5O2.ClH/c1-19-7-6-15-8-10(19)13-16-14(21-18-13)12-9-4-2-3-5-11(9)20-17-12;/h10,15H,2-8H2,1H3;1H. The average molecular weight is 326 g/mol. The minimum absolute atomic E-state index is 0. The molecule has 3 heterocycles. The van der Waals surface area contributed by atoms with Gasteiger partial charge in [0, 0.05) is 31.6 Å². The number of halogens is 1. The summed E-state index contributed by atoms with van der Waals surface area (Å²) in [5.41, 5.74) is 1.88. The van der Waals surface area contributed by atoms with Gasteiger partial charge in [-0.15, -0.1) is 12.4 Å². The van der Waals surface area contributed by atoms with E-state index in [2.05, 4.69) is 32.6 Å². The van der Waals surface area contributed by atoms with E-state index < -0.39 is 0 Å². The zero-order chi connectivity index (χ0) is 14.2. The van der Waals surface area contributed by atoms with Gasteiger partial charge in [0.1, 0.15) is 5.76 Å². The van der Waals surface area contributed by atoms with Crippen molar-refractivity contribution in [3.63, 3.8) is 0 Å². The monoisotopic (exact) mass is 325 g/mol. The molecule has 0 saturated carbocycles. The molecule has 1 atom stereocenters. The van der Waals surface area contributed by atoms with Crippen LogP contribution in [0.4, 0.5) is 0 Å². The number of hydrogen-bond donors (Lipinski definition) is 1. The summed E-state index contributed by atoms with van der Waals surface area (Å²) in [6.45, 7) is 2.81. The van der Waals surface area contributed by atoms with E-state index in [-0.39, 0.29) is 18.4 Å². The summed E-state index contributed by atoms with van der Waals surface area (Å²) in [6, 6.07) is 0.152. The fourth-order valence-corrected chi connectivity index (χ4v) is 3.11. The lowest BCUT2D eigenvalue weighted by Gasteiger charge is -2.30. The molecule has 4 rings (SSSR count). The highest BCUT2D eigenvalue weighted by atomic mass is 35.5. The number of rotatable bonds is 2. The first-order chi connectivity index (χ1) is 10.3. The summed E-state index contributed by atoms with van der Waals surface area (Å²) >= 11 is 0. The SMILES string of the molecule is CN1CCNCC1c1noc(-c2noc3c2CCCC3)n1.Cl. The maximum Gasteiger partial charge on any atom is 0.280 e. The summed E-state index contributed by atoms with van der Waals surface area (Å²) in [5.74, 6) is 2.18. The van der Waals surface area contributed by atoms with Crippen molar-refractivity contribution in [3.8, 4) is 11.6 Å². The van der Waals surface area contributed by atoms with Gasteiger partial charge in [0.15, 0.2) is 11.5 Å². The molecule has 7 nitrogen and oxygen atoms in total. The quantitative estimate of drug-likeness (QED) is 0.898. The van der Waals surface area contributed by atoms with Crippen LogP contribution >= 0.6 is 12.4 Å². The highest BCUT2D eigenvalue weighted by Gasteiger charge is 2.28. The Labute approximate surface area is 134 Å². The highest BCUT2D eigenvalue weighted by Crippen LogP contribution is 2.31. The van der Waals surface area contributed by atoms with Crippen molar-refractivity contribution in [1.29, 1.82) is 0 Å². The van der Waals surface area contributed by atoms with E-state index in [1.54, 1.807) is 0 Å². The fraction of sp³-hybridized carbons (Fsp3) is 0.643. The van der Waals surface area contributed by atoms with Crippen molar-refractivity contribution < 1.29 is 9.05 Å². The van der Waals surface area contributed by atoms with Crippen molar-refractivity contribution in [3.05, 3.63) is 17.1 Å². The molecule has 1 N–H and O–H groups in total. The molecule has 120 valence electrons. The second-order valence-electron chi connectivity index (χ2n) is 5.80. The van der Waals surface area contributed by atoms with Crippen LogP contribution in [0.5, 0.6) is 0 Å². The number of aryl methyl sites for hydroxylation is 1. The molecule has 0 aromatic carbocycles. The molecular formula is C14H20ClN5O2. The number of fused-ring (bicyclic) bond motifs is 1. The lowest BCUT2D eigenvalue weighted by atomic mass is 9.96. The Hall–Kier alpha value is -1.44. The number of aromatic nitrogens is 3. The summed E-state index contributed by atoms with van der Waals surface area (Å²) in [5, 5.41) is 11.7. The van der Waals surface area contributed by atoms with Crippen LogP contribution in [0, 0.1) is 0 Å². The minimum atomic E-state index is 0. The molecule has 1 fully saturated rings. The summed E-state index contributed by atoms with van der Waals surface area (Å²) in [7, 11) is 2.08. The Kier molecular flexibility index (Phi) is 4.46. The predicted molar refractivity (Wildman–Crippen MR) is 81.9 cm³/mol. The zero-order valence-corrected chi connectivity index (χ0v) is 13.4. The van der Waals surface area contributed by atoms with E-state index in [4.69, 9.17) is 9.05 Å². The van der Waals surface area contributed by atoms with E-state index in [1.807, 2.05) is 0 Å². The van der Waals surface area contributed by atoms with Crippen LogP contribution in [0.25, 0.3) is 11.6 Å². The topological polar surface area (TPSA) is 80.2 Å². The number of nitrogens with zero attached hydrogens (tertiary/aromatic N) is 4. The van der Waals surface area contributed by atoms with Gasteiger partial charge in [-0.25, -0.2) is 0 Å². The minimum Gasteiger partial charge on any atom is -0.360 e. The van der Waals surface area contributed by atoms with Crippen molar-refractivity contribution in [2.24, 2.45) is 0 Å². The zero-order valence-electron chi connectivity index (χ0n) is 12.5. The van der Waals surface area contributed by atoms with Gasteiger partial charge in [-0.3, -0.25) is 4.90 Å². The van der Waals surface area contributed by atoms with Crippen LogP contribution in [0.15, 0.2) is 9.05 Å². The van der Waals surface area contributed by atoms with E-state index in [0.29, 0.717) is 11.7 Å². The van der Waals surface area contributed by atoms with Crippen LogP contribution in [0.2, 0.25) is 0 Å². The van der Waals surface area contributed by atoms with E-state index >= 15 is 0 Å². The second kappa shape index (κ2) is 6.36. The Balaban J connectivity index is 0.00000144. The number of nitrogens with one attached hydrogen (secondary N) is 1. The van der Waals surface area contributed by atoms with Crippen molar-refractivity contribution in [1.82, 2.24) is 25.5 Å². The highest BCUT2D eigenvalue weighted by molar-refractivity contribution is 5.85. The molecule has 0 radical (unpaired) electrons. The van der Waals surface area contributed by atoms with Crippen LogP contribution < -0.4 is 5.32 Å². The fourth-order valence-electron chi connectivity index (χ4n) is 3.11. The Morgan fingerprint density at radius 3 is 2.91 bits per heavy atom. The molecule has 0 bridgehead atoms. The van der Waals surface area contributed by atoms with Crippen molar-refractivity contribution in [2.75, 3.05) is 26.7 Å². The first kappa shape index (κ1) is 15.5. The lowest BCUT2D eigenvalue weighted by molar-refractivity contribution is 0.190. The maximum absolute atomic E-state index is 5.44. The number of hydrogen-bond acceptors (Lipinski definition) is 7.